The van der Waals surface area contributed by atoms with Crippen LogP contribution in [-0.4, -0.2) is 0 Å². The van der Waals surface area contributed by atoms with Crippen molar-refractivity contribution < 1.29 is 4.57 Å². The lowest BCUT2D eigenvalue weighted by Gasteiger charge is -2.03. The topological polar surface area (TPSA) is 3.88 Å². The van der Waals surface area contributed by atoms with Crippen LogP contribution in [0.1, 0.15) is 103 Å². The Bertz CT molecular complexity index is 410. The highest BCUT2D eigenvalue weighted by atomic mass is 14.9. The Labute approximate surface area is 151 Å². The Morgan fingerprint density at radius 2 is 1.25 bits per heavy atom. The molecule has 1 heterocycles. The first-order valence-electron chi connectivity index (χ1n) is 10.5. The summed E-state index contributed by atoms with van der Waals surface area (Å²) >= 11 is 0. The minimum atomic E-state index is 1.13. The molecule has 1 aromatic rings. The van der Waals surface area contributed by atoms with Crippen molar-refractivity contribution in [3.8, 4) is 0 Å². The first kappa shape index (κ1) is 20.9. The van der Waals surface area contributed by atoms with Crippen LogP contribution in [-0.2, 0) is 6.54 Å². The summed E-state index contributed by atoms with van der Waals surface area (Å²) in [5, 5.41) is 0. The van der Waals surface area contributed by atoms with Crippen LogP contribution in [0.4, 0.5) is 0 Å². The number of pyridine rings is 1. The smallest absolute Gasteiger partial charge is 0.199 e. The van der Waals surface area contributed by atoms with Gasteiger partial charge in [0.25, 0.3) is 0 Å². The van der Waals surface area contributed by atoms with E-state index in [9.17, 15) is 0 Å². The van der Waals surface area contributed by atoms with Gasteiger partial charge in [0.2, 0.25) is 5.69 Å². The standard InChI is InChI=1S/C23H40N/c1-3-5-6-7-8-9-10-11-12-13-14-15-16-18-21-24-22-19-17-20-23(24)4-2/h4,17,19-20,22H,2-3,5-16,18,21H2,1H3/q+1. The van der Waals surface area contributed by atoms with Crippen molar-refractivity contribution in [1.82, 2.24) is 0 Å². The number of aromatic nitrogens is 1. The normalized spacial score (nSPS) is 10.9. The molecule has 0 saturated carbocycles. The fraction of sp³-hybridized carbons (Fsp3) is 0.696. The zero-order valence-corrected chi connectivity index (χ0v) is 16.1. The van der Waals surface area contributed by atoms with Crippen molar-refractivity contribution in [2.75, 3.05) is 0 Å². The van der Waals surface area contributed by atoms with Gasteiger partial charge in [-0.3, -0.25) is 0 Å². The molecule has 0 aliphatic carbocycles. The molecular weight excluding hydrogens is 290 g/mol. The maximum Gasteiger partial charge on any atom is 0.204 e. The van der Waals surface area contributed by atoms with E-state index >= 15 is 0 Å². The molecule has 0 fully saturated rings. The van der Waals surface area contributed by atoms with E-state index in [2.05, 4.69) is 42.5 Å². The van der Waals surface area contributed by atoms with Crippen LogP contribution in [0, 0.1) is 0 Å². The third kappa shape index (κ3) is 10.6. The van der Waals surface area contributed by atoms with Crippen molar-refractivity contribution >= 4 is 6.08 Å². The molecule has 136 valence electrons. The lowest BCUT2D eigenvalue weighted by molar-refractivity contribution is -0.699. The highest BCUT2D eigenvalue weighted by Crippen LogP contribution is 2.12. The Morgan fingerprint density at radius 1 is 0.750 bits per heavy atom. The minimum Gasteiger partial charge on any atom is -0.199 e. The summed E-state index contributed by atoms with van der Waals surface area (Å²) in [6.07, 6.45) is 24.0. The molecule has 0 unspecified atom stereocenters. The quantitative estimate of drug-likeness (QED) is 0.225. The summed E-state index contributed by atoms with van der Waals surface area (Å²) in [5.74, 6) is 0. The van der Waals surface area contributed by atoms with Gasteiger partial charge < -0.3 is 0 Å². The molecule has 1 rings (SSSR count). The summed E-state index contributed by atoms with van der Waals surface area (Å²) in [7, 11) is 0. The van der Waals surface area contributed by atoms with Gasteiger partial charge in [-0.1, -0.05) is 90.6 Å². The third-order valence-electron chi connectivity index (χ3n) is 4.94. The maximum atomic E-state index is 3.89. The monoisotopic (exact) mass is 330 g/mol. The summed E-state index contributed by atoms with van der Waals surface area (Å²) < 4.78 is 2.31. The molecule has 1 aromatic heterocycles. The van der Waals surface area contributed by atoms with Gasteiger partial charge in [-0.05, 0) is 12.5 Å². The van der Waals surface area contributed by atoms with E-state index in [4.69, 9.17) is 0 Å². The second kappa shape index (κ2) is 15.4. The van der Waals surface area contributed by atoms with Gasteiger partial charge in [-0.2, -0.15) is 4.57 Å². The van der Waals surface area contributed by atoms with Crippen molar-refractivity contribution in [3.63, 3.8) is 0 Å². The first-order chi connectivity index (χ1) is 11.9. The van der Waals surface area contributed by atoms with Gasteiger partial charge in [-0.25, -0.2) is 0 Å². The Kier molecular flexibility index (Phi) is 13.4. The SMILES string of the molecule is C=Cc1cccc[n+]1CCCCCCCCCCCCCCCC. The molecule has 0 N–H and O–H groups in total. The van der Waals surface area contributed by atoms with Crippen LogP contribution in [0.2, 0.25) is 0 Å². The highest BCUT2D eigenvalue weighted by Gasteiger charge is 2.04. The lowest BCUT2D eigenvalue weighted by atomic mass is 10.0. The number of aryl methyl sites for hydroxylation is 1. The van der Waals surface area contributed by atoms with Crippen LogP contribution in [0.15, 0.2) is 31.0 Å². The molecule has 0 aromatic carbocycles. The van der Waals surface area contributed by atoms with Gasteiger partial charge in [0.15, 0.2) is 6.20 Å². The summed E-state index contributed by atoms with van der Waals surface area (Å²) in [5.41, 5.74) is 1.23. The van der Waals surface area contributed by atoms with E-state index in [0.29, 0.717) is 0 Å². The molecule has 0 radical (unpaired) electrons. The Morgan fingerprint density at radius 3 is 1.75 bits per heavy atom. The zero-order valence-electron chi connectivity index (χ0n) is 16.1. The fourth-order valence-electron chi connectivity index (χ4n) is 3.36. The number of hydrogen-bond donors (Lipinski definition) is 0. The number of rotatable bonds is 16. The molecule has 0 atom stereocenters. The van der Waals surface area contributed by atoms with Gasteiger partial charge >= 0.3 is 0 Å². The van der Waals surface area contributed by atoms with Crippen LogP contribution in [0.5, 0.6) is 0 Å². The van der Waals surface area contributed by atoms with E-state index < -0.39 is 0 Å². The maximum absolute atomic E-state index is 3.89. The minimum absolute atomic E-state index is 1.13. The number of unbranched alkanes of at least 4 members (excludes halogenated alkanes) is 13. The van der Waals surface area contributed by atoms with Gasteiger partial charge in [0.1, 0.15) is 6.54 Å². The second-order valence-electron chi connectivity index (χ2n) is 7.12. The molecule has 1 nitrogen and oxygen atoms in total. The van der Waals surface area contributed by atoms with E-state index in [1.54, 1.807) is 0 Å². The third-order valence-corrected chi connectivity index (χ3v) is 4.94. The van der Waals surface area contributed by atoms with E-state index in [1.165, 1.54) is 95.6 Å². The van der Waals surface area contributed by atoms with Gasteiger partial charge in [0.05, 0.1) is 0 Å². The molecule has 24 heavy (non-hydrogen) atoms. The Balaban J connectivity index is 1.85. The fourth-order valence-corrected chi connectivity index (χ4v) is 3.36. The molecule has 0 spiro atoms. The molecule has 0 bridgehead atoms. The predicted octanol–water partition coefficient (Wildman–Crippen LogP) is 7.10. The highest BCUT2D eigenvalue weighted by molar-refractivity contribution is 5.36. The zero-order chi connectivity index (χ0) is 17.3. The Hall–Kier alpha value is -1.11. The molecule has 1 heteroatoms. The molecule has 0 aliphatic heterocycles. The van der Waals surface area contributed by atoms with Crippen LogP contribution in [0.3, 0.4) is 0 Å². The van der Waals surface area contributed by atoms with E-state index in [0.717, 1.165) is 6.54 Å². The summed E-state index contributed by atoms with van der Waals surface area (Å²) in [6, 6.07) is 6.33. The number of hydrogen-bond acceptors (Lipinski definition) is 0. The van der Waals surface area contributed by atoms with Crippen LogP contribution >= 0.6 is 0 Å². The molecular formula is C23H40N+. The molecule has 0 aliphatic rings. The average Bonchev–Trinajstić information content (AvgIpc) is 2.62. The summed E-state index contributed by atoms with van der Waals surface area (Å²) in [4.78, 5) is 0. The van der Waals surface area contributed by atoms with Crippen molar-refractivity contribution in [2.45, 2.75) is 103 Å². The van der Waals surface area contributed by atoms with Crippen LogP contribution in [0.25, 0.3) is 6.08 Å². The average molecular weight is 331 g/mol. The van der Waals surface area contributed by atoms with Crippen molar-refractivity contribution in [2.24, 2.45) is 0 Å². The van der Waals surface area contributed by atoms with Gasteiger partial charge in [-0.15, -0.1) is 0 Å². The van der Waals surface area contributed by atoms with Crippen molar-refractivity contribution in [1.29, 1.82) is 0 Å². The molecule has 0 amide bonds. The first-order valence-corrected chi connectivity index (χ1v) is 10.5. The lowest BCUT2D eigenvalue weighted by Crippen LogP contribution is -2.36. The summed E-state index contributed by atoms with van der Waals surface area (Å²) in [6.45, 7) is 7.30. The van der Waals surface area contributed by atoms with Crippen LogP contribution < -0.4 is 4.57 Å². The largest absolute Gasteiger partial charge is 0.204 e. The predicted molar refractivity (Wildman–Crippen MR) is 107 cm³/mol. The molecule has 0 saturated heterocycles. The number of nitrogens with zero attached hydrogens (tertiary/aromatic N) is 1. The second-order valence-corrected chi connectivity index (χ2v) is 7.12. The van der Waals surface area contributed by atoms with E-state index in [1.807, 2.05) is 6.08 Å². The van der Waals surface area contributed by atoms with Gasteiger partial charge in [0, 0.05) is 24.6 Å². The van der Waals surface area contributed by atoms with E-state index in [-0.39, 0.29) is 0 Å². The van der Waals surface area contributed by atoms with Crippen molar-refractivity contribution in [3.05, 3.63) is 36.7 Å².